The average Bonchev–Trinajstić information content (AvgIpc) is 2.41. The molecule has 0 aliphatic heterocycles. The van der Waals surface area contributed by atoms with Gasteiger partial charge in [-0.05, 0) is 59.7 Å². The Balaban J connectivity index is 2.18. The zero-order valence-corrected chi connectivity index (χ0v) is 13.1. The van der Waals surface area contributed by atoms with Crippen LogP contribution in [0.2, 0.25) is 0 Å². The van der Waals surface area contributed by atoms with E-state index in [2.05, 4.69) is 22.6 Å². The fourth-order valence-electron chi connectivity index (χ4n) is 1.89. The van der Waals surface area contributed by atoms with Gasteiger partial charge in [0.2, 0.25) is 0 Å². The van der Waals surface area contributed by atoms with E-state index in [1.54, 1.807) is 6.92 Å². The maximum atomic E-state index is 11.5. The zero-order valence-electron chi connectivity index (χ0n) is 10.9. The van der Waals surface area contributed by atoms with Crippen molar-refractivity contribution in [2.45, 2.75) is 20.5 Å². The Morgan fingerprint density at radius 3 is 2.47 bits per heavy atom. The van der Waals surface area contributed by atoms with E-state index in [4.69, 9.17) is 4.74 Å². The van der Waals surface area contributed by atoms with Crippen molar-refractivity contribution in [3.8, 4) is 5.75 Å². The van der Waals surface area contributed by atoms with Crippen molar-refractivity contribution in [3.63, 3.8) is 0 Å². The van der Waals surface area contributed by atoms with Gasteiger partial charge in [0.15, 0.2) is 5.78 Å². The second-order valence-electron chi connectivity index (χ2n) is 4.38. The van der Waals surface area contributed by atoms with Crippen LogP contribution in [0.4, 0.5) is 0 Å². The molecule has 0 fully saturated rings. The van der Waals surface area contributed by atoms with E-state index in [0.29, 0.717) is 6.61 Å². The first-order chi connectivity index (χ1) is 9.09. The van der Waals surface area contributed by atoms with Gasteiger partial charge in [0.05, 0.1) is 3.57 Å². The summed E-state index contributed by atoms with van der Waals surface area (Å²) in [5.74, 6) is 0.914. The van der Waals surface area contributed by atoms with Crippen molar-refractivity contribution < 1.29 is 9.53 Å². The molecule has 0 aromatic heterocycles. The molecule has 0 heterocycles. The van der Waals surface area contributed by atoms with Crippen LogP contribution in [0.15, 0.2) is 42.5 Å². The lowest BCUT2D eigenvalue weighted by molar-refractivity contribution is 0.101. The van der Waals surface area contributed by atoms with Crippen LogP contribution in [-0.4, -0.2) is 5.78 Å². The van der Waals surface area contributed by atoms with E-state index < -0.39 is 0 Å². The number of rotatable bonds is 4. The van der Waals surface area contributed by atoms with Crippen LogP contribution >= 0.6 is 22.6 Å². The summed E-state index contributed by atoms with van der Waals surface area (Å²) < 4.78 is 6.82. The number of hydrogen-bond donors (Lipinski definition) is 0. The first-order valence-corrected chi connectivity index (χ1v) is 7.14. The van der Waals surface area contributed by atoms with E-state index in [1.165, 1.54) is 0 Å². The van der Waals surface area contributed by atoms with Gasteiger partial charge in [-0.25, -0.2) is 0 Å². The lowest BCUT2D eigenvalue weighted by atomic mass is 10.1. The Kier molecular flexibility index (Phi) is 4.58. The van der Waals surface area contributed by atoms with Gasteiger partial charge in [0, 0.05) is 5.56 Å². The number of ketones is 1. The van der Waals surface area contributed by atoms with E-state index in [0.717, 1.165) is 26.0 Å². The minimum absolute atomic E-state index is 0.0880. The number of halogens is 1. The minimum Gasteiger partial charge on any atom is -0.488 e. The van der Waals surface area contributed by atoms with E-state index >= 15 is 0 Å². The minimum atomic E-state index is 0.0880. The predicted molar refractivity (Wildman–Crippen MR) is 84.7 cm³/mol. The highest BCUT2D eigenvalue weighted by atomic mass is 127. The molecule has 19 heavy (non-hydrogen) atoms. The van der Waals surface area contributed by atoms with Gasteiger partial charge in [-0.15, -0.1) is 0 Å². The molecule has 3 heteroatoms. The molecule has 0 N–H and O–H groups in total. The average molecular weight is 366 g/mol. The quantitative estimate of drug-likeness (QED) is 0.593. The highest BCUT2D eigenvalue weighted by Gasteiger charge is 2.11. The highest BCUT2D eigenvalue weighted by Crippen LogP contribution is 2.27. The van der Waals surface area contributed by atoms with Crippen molar-refractivity contribution in [3.05, 3.63) is 62.7 Å². The summed E-state index contributed by atoms with van der Waals surface area (Å²) in [6.45, 7) is 4.08. The fourth-order valence-corrected chi connectivity index (χ4v) is 2.51. The molecule has 2 aromatic carbocycles. The molecule has 2 aromatic rings. The SMILES string of the molecule is CC(=O)c1ccc(OCc2ccccc2)c(I)c1C. The van der Waals surface area contributed by atoms with Crippen molar-refractivity contribution >= 4 is 28.4 Å². The van der Waals surface area contributed by atoms with Crippen molar-refractivity contribution in [1.29, 1.82) is 0 Å². The number of ether oxygens (including phenoxy) is 1. The van der Waals surface area contributed by atoms with Gasteiger partial charge >= 0.3 is 0 Å². The second-order valence-corrected chi connectivity index (χ2v) is 5.46. The molecule has 98 valence electrons. The molecule has 0 spiro atoms. The normalized spacial score (nSPS) is 10.3. The summed E-state index contributed by atoms with van der Waals surface area (Å²) in [6.07, 6.45) is 0. The standard InChI is InChI=1S/C16H15IO2/c1-11-14(12(2)18)8-9-15(16(11)17)19-10-13-6-4-3-5-7-13/h3-9H,10H2,1-2H3. The first-order valence-electron chi connectivity index (χ1n) is 6.06. The van der Waals surface area contributed by atoms with Crippen molar-refractivity contribution in [2.24, 2.45) is 0 Å². The Labute approximate surface area is 126 Å². The summed E-state index contributed by atoms with van der Waals surface area (Å²) >= 11 is 2.23. The van der Waals surface area contributed by atoms with Gasteiger partial charge in [0.25, 0.3) is 0 Å². The number of benzene rings is 2. The molecule has 0 atom stereocenters. The maximum Gasteiger partial charge on any atom is 0.160 e. The van der Waals surface area contributed by atoms with Crippen LogP contribution in [0.5, 0.6) is 5.75 Å². The van der Waals surface area contributed by atoms with Crippen molar-refractivity contribution in [1.82, 2.24) is 0 Å². The first kappa shape index (κ1) is 14.1. The fraction of sp³-hybridized carbons (Fsp3) is 0.188. The van der Waals surface area contributed by atoms with E-state index in [9.17, 15) is 4.79 Å². The van der Waals surface area contributed by atoms with Crippen LogP contribution in [0.1, 0.15) is 28.4 Å². The molecule has 2 nitrogen and oxygen atoms in total. The maximum absolute atomic E-state index is 11.5. The number of Topliss-reactive ketones (excluding diaryl/α,β-unsaturated/α-hetero) is 1. The molecule has 0 aliphatic rings. The molecule has 0 bridgehead atoms. The van der Waals surface area contributed by atoms with Crippen LogP contribution < -0.4 is 4.74 Å². The number of carbonyl (C=O) groups excluding carboxylic acids is 1. The summed E-state index contributed by atoms with van der Waals surface area (Å²) in [7, 11) is 0. The number of carbonyl (C=O) groups is 1. The van der Waals surface area contributed by atoms with Crippen LogP contribution in [0.3, 0.4) is 0 Å². The smallest absolute Gasteiger partial charge is 0.160 e. The highest BCUT2D eigenvalue weighted by molar-refractivity contribution is 14.1. The molecular weight excluding hydrogens is 351 g/mol. The summed E-state index contributed by atoms with van der Waals surface area (Å²) in [4.78, 5) is 11.5. The molecule has 0 saturated heterocycles. The van der Waals surface area contributed by atoms with E-state index in [1.807, 2.05) is 49.4 Å². The second kappa shape index (κ2) is 6.19. The lowest BCUT2D eigenvalue weighted by Crippen LogP contribution is -2.02. The zero-order chi connectivity index (χ0) is 13.8. The third kappa shape index (κ3) is 3.35. The molecule has 0 aliphatic carbocycles. The van der Waals surface area contributed by atoms with Gasteiger partial charge in [0.1, 0.15) is 12.4 Å². The van der Waals surface area contributed by atoms with Gasteiger partial charge in [-0.2, -0.15) is 0 Å². The van der Waals surface area contributed by atoms with Gasteiger partial charge < -0.3 is 4.74 Å². The Morgan fingerprint density at radius 2 is 1.84 bits per heavy atom. The third-order valence-electron chi connectivity index (χ3n) is 2.97. The Morgan fingerprint density at radius 1 is 1.16 bits per heavy atom. The molecule has 0 radical (unpaired) electrons. The van der Waals surface area contributed by atoms with Gasteiger partial charge in [-0.3, -0.25) is 4.79 Å². The van der Waals surface area contributed by atoms with Crippen LogP contribution in [-0.2, 0) is 6.61 Å². The largest absolute Gasteiger partial charge is 0.488 e. The monoisotopic (exact) mass is 366 g/mol. The summed E-state index contributed by atoms with van der Waals surface area (Å²) in [6, 6.07) is 13.7. The Hall–Kier alpha value is -1.36. The molecular formula is C16H15IO2. The third-order valence-corrected chi connectivity index (χ3v) is 4.31. The number of hydrogen-bond acceptors (Lipinski definition) is 2. The Bertz CT molecular complexity index is 591. The van der Waals surface area contributed by atoms with Gasteiger partial charge in [-0.1, -0.05) is 30.3 Å². The van der Waals surface area contributed by atoms with Crippen LogP contribution in [0, 0.1) is 10.5 Å². The summed E-state index contributed by atoms with van der Waals surface area (Å²) in [5.41, 5.74) is 2.88. The molecule has 0 saturated carbocycles. The predicted octanol–water partition coefficient (Wildman–Crippen LogP) is 4.38. The van der Waals surface area contributed by atoms with E-state index in [-0.39, 0.29) is 5.78 Å². The lowest BCUT2D eigenvalue weighted by Gasteiger charge is -2.12. The van der Waals surface area contributed by atoms with Crippen molar-refractivity contribution in [2.75, 3.05) is 0 Å². The summed E-state index contributed by atoms with van der Waals surface area (Å²) in [5, 5.41) is 0. The molecule has 2 rings (SSSR count). The molecule has 0 unspecified atom stereocenters. The van der Waals surface area contributed by atoms with Crippen LogP contribution in [0.25, 0.3) is 0 Å². The molecule has 0 amide bonds. The topological polar surface area (TPSA) is 26.3 Å².